The minimum Gasteiger partial charge on any atom is -0.486 e. The lowest BCUT2D eigenvalue weighted by molar-refractivity contribution is 0.0989. The highest BCUT2D eigenvalue weighted by Gasteiger charge is 2.22. The van der Waals surface area contributed by atoms with E-state index in [1.165, 1.54) is 6.33 Å². The van der Waals surface area contributed by atoms with Crippen molar-refractivity contribution in [3.8, 4) is 11.5 Å². The lowest BCUT2D eigenvalue weighted by Gasteiger charge is -2.26. The molecule has 2 aromatic rings. The molecule has 0 fully saturated rings. The molecular weight excluding hydrogens is 206 g/mol. The van der Waals surface area contributed by atoms with Gasteiger partial charge in [-0.05, 0) is 12.1 Å². The molecule has 82 valence electrons. The van der Waals surface area contributed by atoms with E-state index in [1.807, 2.05) is 12.1 Å². The van der Waals surface area contributed by atoms with Crippen molar-refractivity contribution in [2.24, 2.45) is 5.73 Å². The summed E-state index contributed by atoms with van der Waals surface area (Å²) < 4.78 is 11.3. The van der Waals surface area contributed by atoms with Crippen molar-refractivity contribution in [2.75, 3.05) is 13.2 Å². The van der Waals surface area contributed by atoms with Crippen molar-refractivity contribution in [3.63, 3.8) is 0 Å². The van der Waals surface area contributed by atoms with Crippen LogP contribution in [0.15, 0.2) is 24.7 Å². The third kappa shape index (κ3) is 1.37. The van der Waals surface area contributed by atoms with Gasteiger partial charge in [-0.1, -0.05) is 0 Å². The Hall–Kier alpha value is -1.88. The zero-order chi connectivity index (χ0) is 11.0. The fourth-order valence-corrected chi connectivity index (χ4v) is 1.74. The molecule has 2 N–H and O–H groups in total. The lowest BCUT2D eigenvalue weighted by Crippen LogP contribution is -2.35. The molecule has 0 aliphatic carbocycles. The quantitative estimate of drug-likeness (QED) is 0.762. The second-order valence-electron chi connectivity index (χ2n) is 3.63. The molecule has 1 aliphatic heterocycles. The molecule has 5 nitrogen and oxygen atoms in total. The first kappa shape index (κ1) is 9.35. The van der Waals surface area contributed by atoms with Crippen molar-refractivity contribution in [1.82, 2.24) is 9.97 Å². The summed E-state index contributed by atoms with van der Waals surface area (Å²) in [5, 5.41) is 0.859. The molecule has 0 saturated carbocycles. The van der Waals surface area contributed by atoms with Crippen LogP contribution in [0.25, 0.3) is 10.9 Å². The lowest BCUT2D eigenvalue weighted by atomic mass is 10.2. The molecule has 16 heavy (non-hydrogen) atoms. The summed E-state index contributed by atoms with van der Waals surface area (Å²) in [6.45, 7) is 0.923. The van der Waals surface area contributed by atoms with Crippen LogP contribution in [0.1, 0.15) is 0 Å². The summed E-state index contributed by atoms with van der Waals surface area (Å²) in [6.07, 6.45) is 3.14. The molecule has 5 heteroatoms. The maximum absolute atomic E-state index is 5.76. The van der Waals surface area contributed by atoms with Gasteiger partial charge in [-0.25, -0.2) is 9.97 Å². The van der Waals surface area contributed by atoms with Gasteiger partial charge in [-0.3, -0.25) is 0 Å². The van der Waals surface area contributed by atoms with Gasteiger partial charge in [0, 0.05) is 12.7 Å². The van der Waals surface area contributed by atoms with Crippen molar-refractivity contribution in [2.45, 2.75) is 6.10 Å². The number of hydrogen-bond donors (Lipinski definition) is 1. The Morgan fingerprint density at radius 3 is 3.25 bits per heavy atom. The smallest absolute Gasteiger partial charge is 0.172 e. The molecule has 3 rings (SSSR count). The van der Waals surface area contributed by atoms with Crippen LogP contribution in [0, 0.1) is 0 Å². The van der Waals surface area contributed by atoms with Gasteiger partial charge in [0.1, 0.15) is 19.0 Å². The number of nitrogens with two attached hydrogens (primary N) is 1. The third-order valence-electron chi connectivity index (χ3n) is 2.58. The molecule has 0 amide bonds. The molecule has 1 aromatic heterocycles. The van der Waals surface area contributed by atoms with Crippen LogP contribution in [0.5, 0.6) is 11.5 Å². The molecule has 0 radical (unpaired) electrons. The van der Waals surface area contributed by atoms with Gasteiger partial charge < -0.3 is 15.2 Å². The van der Waals surface area contributed by atoms with Gasteiger partial charge in [0.2, 0.25) is 0 Å². The van der Waals surface area contributed by atoms with E-state index in [9.17, 15) is 0 Å². The van der Waals surface area contributed by atoms with Gasteiger partial charge in [-0.2, -0.15) is 0 Å². The first-order chi connectivity index (χ1) is 7.88. The number of hydrogen-bond acceptors (Lipinski definition) is 5. The van der Waals surface area contributed by atoms with Gasteiger partial charge >= 0.3 is 0 Å². The highest BCUT2D eigenvalue weighted by atomic mass is 16.6. The summed E-state index contributed by atoms with van der Waals surface area (Å²) >= 11 is 0. The van der Waals surface area contributed by atoms with E-state index in [1.54, 1.807) is 6.20 Å². The summed E-state index contributed by atoms with van der Waals surface area (Å²) in [4.78, 5) is 8.16. The van der Waals surface area contributed by atoms with Crippen LogP contribution in [0.4, 0.5) is 0 Å². The number of benzene rings is 1. The number of ether oxygens (including phenoxy) is 2. The molecule has 0 saturated heterocycles. The number of rotatable bonds is 1. The first-order valence-electron chi connectivity index (χ1n) is 5.10. The van der Waals surface area contributed by atoms with Crippen LogP contribution in [-0.2, 0) is 0 Å². The highest BCUT2D eigenvalue weighted by molar-refractivity contribution is 5.87. The van der Waals surface area contributed by atoms with Crippen LogP contribution in [0.3, 0.4) is 0 Å². The van der Waals surface area contributed by atoms with Crippen LogP contribution >= 0.6 is 0 Å². The van der Waals surface area contributed by atoms with E-state index < -0.39 is 0 Å². The molecular formula is C11H11N3O2. The molecule has 1 unspecified atom stereocenters. The van der Waals surface area contributed by atoms with E-state index in [2.05, 4.69) is 9.97 Å². The Bertz CT molecular complexity index is 530. The zero-order valence-electron chi connectivity index (χ0n) is 8.59. The summed E-state index contributed by atoms with van der Waals surface area (Å²) in [5.41, 5.74) is 6.41. The summed E-state index contributed by atoms with van der Waals surface area (Å²) in [5.74, 6) is 1.42. The predicted octanol–water partition coefficient (Wildman–Crippen LogP) is 0.728. The fourth-order valence-electron chi connectivity index (χ4n) is 1.74. The zero-order valence-corrected chi connectivity index (χ0v) is 8.59. The average Bonchev–Trinajstić information content (AvgIpc) is 2.38. The van der Waals surface area contributed by atoms with Crippen molar-refractivity contribution in [1.29, 1.82) is 0 Å². The number of nitrogens with zero attached hydrogens (tertiary/aromatic N) is 2. The summed E-state index contributed by atoms with van der Waals surface area (Å²) in [7, 11) is 0. The molecule has 1 atom stereocenters. The van der Waals surface area contributed by atoms with Crippen molar-refractivity contribution < 1.29 is 9.47 Å². The van der Waals surface area contributed by atoms with Crippen LogP contribution in [-0.4, -0.2) is 29.2 Å². The van der Waals surface area contributed by atoms with Gasteiger partial charge in [0.15, 0.2) is 11.5 Å². The van der Waals surface area contributed by atoms with E-state index in [-0.39, 0.29) is 6.10 Å². The predicted molar refractivity (Wildman–Crippen MR) is 58.5 cm³/mol. The average molecular weight is 217 g/mol. The van der Waals surface area contributed by atoms with Gasteiger partial charge in [0.05, 0.1) is 10.9 Å². The van der Waals surface area contributed by atoms with Gasteiger partial charge in [0.25, 0.3) is 0 Å². The Kier molecular flexibility index (Phi) is 2.11. The molecule has 2 heterocycles. The molecule has 1 aliphatic rings. The van der Waals surface area contributed by atoms with Crippen LogP contribution < -0.4 is 15.2 Å². The Labute approximate surface area is 92.2 Å². The Balaban J connectivity index is 2.17. The summed E-state index contributed by atoms with van der Waals surface area (Å²) in [6, 6.07) is 3.75. The SMILES string of the molecule is NCC1COc2ccc3ncncc3c2O1. The van der Waals surface area contributed by atoms with E-state index in [0.717, 1.165) is 16.7 Å². The second kappa shape index (κ2) is 3.61. The first-order valence-corrected chi connectivity index (χ1v) is 5.10. The Morgan fingerprint density at radius 1 is 1.44 bits per heavy atom. The van der Waals surface area contributed by atoms with E-state index in [4.69, 9.17) is 15.2 Å². The largest absolute Gasteiger partial charge is 0.486 e. The monoisotopic (exact) mass is 217 g/mol. The Morgan fingerprint density at radius 2 is 2.38 bits per heavy atom. The van der Waals surface area contributed by atoms with E-state index >= 15 is 0 Å². The number of aromatic nitrogens is 2. The molecule has 0 spiro atoms. The second-order valence-corrected chi connectivity index (χ2v) is 3.63. The van der Waals surface area contributed by atoms with Crippen molar-refractivity contribution in [3.05, 3.63) is 24.7 Å². The highest BCUT2D eigenvalue weighted by Crippen LogP contribution is 2.37. The third-order valence-corrected chi connectivity index (χ3v) is 2.58. The standard InChI is InChI=1S/C11H11N3O2/c12-3-7-5-15-10-2-1-9-8(11(10)16-7)4-13-6-14-9/h1-2,4,6-7H,3,5,12H2. The minimum atomic E-state index is -0.0988. The maximum Gasteiger partial charge on any atom is 0.172 e. The maximum atomic E-state index is 5.76. The topological polar surface area (TPSA) is 70.3 Å². The van der Waals surface area contributed by atoms with E-state index in [0.29, 0.717) is 18.9 Å². The normalized spacial score (nSPS) is 18.7. The minimum absolute atomic E-state index is 0.0988. The van der Waals surface area contributed by atoms with Crippen LogP contribution in [0.2, 0.25) is 0 Å². The van der Waals surface area contributed by atoms with Crippen molar-refractivity contribution >= 4 is 10.9 Å². The fraction of sp³-hybridized carbons (Fsp3) is 0.273. The molecule has 0 bridgehead atoms. The molecule has 1 aromatic carbocycles. The number of fused-ring (bicyclic) bond motifs is 3. The van der Waals surface area contributed by atoms with Gasteiger partial charge in [-0.15, -0.1) is 0 Å².